The van der Waals surface area contributed by atoms with Crippen LogP contribution in [0.1, 0.15) is 22.8 Å². The largest absolute Gasteiger partial charge is 0.523 e. The third kappa shape index (κ3) is 4.71. The lowest BCUT2D eigenvalue weighted by Crippen LogP contribution is -2.19. The van der Waals surface area contributed by atoms with Crippen LogP contribution in [0.5, 0.6) is 0 Å². The number of alkyl halides is 6. The summed E-state index contributed by atoms with van der Waals surface area (Å²) < 4.78 is 82.4. The number of rotatable bonds is 4. The van der Waals surface area contributed by atoms with Gasteiger partial charge in [-0.1, -0.05) is 42.5 Å². The number of benzene rings is 2. The monoisotopic (exact) mass is 385 g/mol. The van der Waals surface area contributed by atoms with Crippen molar-refractivity contribution in [1.82, 2.24) is 4.57 Å². The molecule has 27 heavy (non-hydrogen) atoms. The molecule has 2 aromatic carbocycles. The Morgan fingerprint density at radius 3 is 2.04 bits per heavy atom. The van der Waals surface area contributed by atoms with E-state index in [1.807, 2.05) is 0 Å². The minimum Gasteiger partial charge on any atom is -0.323 e. The number of hydrogen-bond donors (Lipinski definition) is 0. The van der Waals surface area contributed by atoms with Crippen LogP contribution in [0.2, 0.25) is 0 Å². The summed E-state index contributed by atoms with van der Waals surface area (Å²) in [6.45, 7) is 0. The van der Waals surface area contributed by atoms with E-state index in [1.54, 1.807) is 18.2 Å². The van der Waals surface area contributed by atoms with Gasteiger partial charge in [-0.2, -0.15) is 13.2 Å². The van der Waals surface area contributed by atoms with Crippen LogP contribution in [0.15, 0.2) is 73.1 Å². The lowest BCUT2D eigenvalue weighted by molar-refractivity contribution is -0.339. The zero-order valence-corrected chi connectivity index (χ0v) is 13.6. The third-order valence-electron chi connectivity index (χ3n) is 3.85. The van der Waals surface area contributed by atoms with Crippen LogP contribution in [0.25, 0.3) is 5.69 Å². The Kier molecular flexibility index (Phi) is 5.01. The predicted octanol–water partition coefficient (Wildman–Crippen LogP) is 6.12. The van der Waals surface area contributed by atoms with Crippen LogP contribution in [-0.4, -0.2) is 10.9 Å². The van der Waals surface area contributed by atoms with E-state index >= 15 is 0 Å². The SMILES string of the molecule is FC(F)(F)OC(c1ccccc1)c1cccc(-n2ccc(C(F)(F)F)c2)c1. The van der Waals surface area contributed by atoms with Gasteiger partial charge in [0.05, 0.1) is 5.56 Å². The second-order valence-electron chi connectivity index (χ2n) is 5.75. The van der Waals surface area contributed by atoms with Gasteiger partial charge in [-0.05, 0) is 29.3 Å². The molecule has 0 bridgehead atoms. The van der Waals surface area contributed by atoms with Crippen LogP contribution >= 0.6 is 0 Å². The summed E-state index contributed by atoms with van der Waals surface area (Å²) >= 11 is 0. The first-order valence-electron chi connectivity index (χ1n) is 7.78. The van der Waals surface area contributed by atoms with Crippen molar-refractivity contribution >= 4 is 0 Å². The molecule has 1 heterocycles. The molecule has 0 fully saturated rings. The van der Waals surface area contributed by atoms with E-state index < -0.39 is 24.2 Å². The molecule has 2 nitrogen and oxygen atoms in total. The second kappa shape index (κ2) is 7.11. The molecular weight excluding hydrogens is 372 g/mol. The molecule has 0 aliphatic carbocycles. The van der Waals surface area contributed by atoms with Gasteiger partial charge in [0, 0.05) is 18.1 Å². The van der Waals surface area contributed by atoms with E-state index in [2.05, 4.69) is 4.74 Å². The standard InChI is InChI=1S/C19H13F6NO/c20-18(21,22)15-9-10-26(12-15)16-8-4-7-14(11-16)17(27-19(23,24)25)13-5-2-1-3-6-13/h1-12,17H. The van der Waals surface area contributed by atoms with Crippen molar-refractivity contribution in [2.45, 2.75) is 18.6 Å². The van der Waals surface area contributed by atoms with Crippen molar-refractivity contribution in [2.24, 2.45) is 0 Å². The van der Waals surface area contributed by atoms with Crippen molar-refractivity contribution in [3.05, 3.63) is 89.7 Å². The molecule has 1 aromatic heterocycles. The van der Waals surface area contributed by atoms with Gasteiger partial charge in [-0.15, -0.1) is 13.2 Å². The first kappa shape index (κ1) is 19.0. The van der Waals surface area contributed by atoms with E-state index in [-0.39, 0.29) is 16.8 Å². The Balaban J connectivity index is 2.00. The number of aromatic nitrogens is 1. The summed E-state index contributed by atoms with van der Waals surface area (Å²) in [6, 6.07) is 14.4. The fourth-order valence-corrected chi connectivity index (χ4v) is 2.66. The summed E-state index contributed by atoms with van der Waals surface area (Å²) in [5, 5.41) is 0. The minimum atomic E-state index is -4.88. The van der Waals surface area contributed by atoms with Crippen LogP contribution < -0.4 is 0 Å². The van der Waals surface area contributed by atoms with Crippen molar-refractivity contribution in [1.29, 1.82) is 0 Å². The highest BCUT2D eigenvalue weighted by Crippen LogP contribution is 2.34. The van der Waals surface area contributed by atoms with Gasteiger partial charge in [-0.3, -0.25) is 4.74 Å². The number of nitrogens with zero attached hydrogens (tertiary/aromatic N) is 1. The lowest BCUT2D eigenvalue weighted by Gasteiger charge is -2.21. The Morgan fingerprint density at radius 2 is 1.44 bits per heavy atom. The van der Waals surface area contributed by atoms with E-state index in [0.717, 1.165) is 12.3 Å². The molecule has 0 saturated heterocycles. The van der Waals surface area contributed by atoms with E-state index in [1.165, 1.54) is 47.2 Å². The fraction of sp³-hybridized carbons (Fsp3) is 0.158. The quantitative estimate of drug-likeness (QED) is 0.494. The fourth-order valence-electron chi connectivity index (χ4n) is 2.66. The summed E-state index contributed by atoms with van der Waals surface area (Å²) in [4.78, 5) is 0. The molecule has 1 atom stereocenters. The van der Waals surface area contributed by atoms with Gasteiger partial charge in [0.15, 0.2) is 0 Å². The number of hydrogen-bond acceptors (Lipinski definition) is 1. The first-order chi connectivity index (χ1) is 12.6. The molecule has 0 spiro atoms. The van der Waals surface area contributed by atoms with E-state index in [4.69, 9.17) is 0 Å². The van der Waals surface area contributed by atoms with Crippen LogP contribution in [-0.2, 0) is 10.9 Å². The normalized spacial score (nSPS) is 13.6. The average Bonchev–Trinajstić information content (AvgIpc) is 3.10. The van der Waals surface area contributed by atoms with Gasteiger partial charge in [-0.25, -0.2) is 0 Å². The maximum Gasteiger partial charge on any atom is 0.523 e. The number of ether oxygens (including phenoxy) is 1. The molecule has 8 heteroatoms. The molecular formula is C19H13F6NO. The molecule has 0 N–H and O–H groups in total. The van der Waals surface area contributed by atoms with Crippen molar-refractivity contribution in [3.63, 3.8) is 0 Å². The second-order valence-corrected chi connectivity index (χ2v) is 5.75. The zero-order chi connectivity index (χ0) is 19.7. The maximum atomic E-state index is 12.9. The Hall–Kier alpha value is -2.74. The van der Waals surface area contributed by atoms with Crippen molar-refractivity contribution in [3.8, 4) is 5.69 Å². The van der Waals surface area contributed by atoms with Gasteiger partial charge in [0.2, 0.25) is 0 Å². The number of halogens is 6. The highest BCUT2D eigenvalue weighted by Gasteiger charge is 2.35. The molecule has 3 aromatic rings. The van der Waals surface area contributed by atoms with Gasteiger partial charge >= 0.3 is 12.5 Å². The summed E-state index contributed by atoms with van der Waals surface area (Å²) in [7, 11) is 0. The van der Waals surface area contributed by atoms with E-state index in [9.17, 15) is 26.3 Å². The average molecular weight is 385 g/mol. The molecule has 3 rings (SSSR count). The summed E-state index contributed by atoms with van der Waals surface area (Å²) in [5.74, 6) is 0. The Labute approximate surface area is 150 Å². The summed E-state index contributed by atoms with van der Waals surface area (Å²) in [6.07, 6.45) is -8.75. The molecule has 0 aliphatic heterocycles. The summed E-state index contributed by atoms with van der Waals surface area (Å²) in [5.41, 5.74) is -0.123. The first-order valence-corrected chi connectivity index (χ1v) is 7.78. The Morgan fingerprint density at radius 1 is 0.778 bits per heavy atom. The van der Waals surface area contributed by atoms with Gasteiger partial charge in [0.25, 0.3) is 0 Å². The molecule has 1 unspecified atom stereocenters. The van der Waals surface area contributed by atoms with Crippen LogP contribution in [0, 0.1) is 0 Å². The molecule has 0 aliphatic rings. The van der Waals surface area contributed by atoms with Gasteiger partial charge in [0.1, 0.15) is 6.10 Å². The van der Waals surface area contributed by atoms with Crippen molar-refractivity contribution < 1.29 is 31.1 Å². The Bertz CT molecular complexity index is 898. The minimum absolute atomic E-state index is 0.165. The van der Waals surface area contributed by atoms with Gasteiger partial charge < -0.3 is 4.57 Å². The van der Waals surface area contributed by atoms with Crippen LogP contribution in [0.4, 0.5) is 26.3 Å². The smallest absolute Gasteiger partial charge is 0.323 e. The highest BCUT2D eigenvalue weighted by molar-refractivity contribution is 5.41. The zero-order valence-electron chi connectivity index (χ0n) is 13.6. The lowest BCUT2D eigenvalue weighted by atomic mass is 10.0. The third-order valence-corrected chi connectivity index (χ3v) is 3.85. The van der Waals surface area contributed by atoms with Crippen LogP contribution in [0.3, 0.4) is 0 Å². The predicted molar refractivity (Wildman–Crippen MR) is 86.2 cm³/mol. The molecule has 0 amide bonds. The van der Waals surface area contributed by atoms with E-state index in [0.29, 0.717) is 0 Å². The topological polar surface area (TPSA) is 14.2 Å². The highest BCUT2D eigenvalue weighted by atomic mass is 19.4. The van der Waals surface area contributed by atoms with Crippen molar-refractivity contribution in [2.75, 3.05) is 0 Å². The maximum absolute atomic E-state index is 12.9. The molecule has 142 valence electrons. The molecule has 0 saturated carbocycles. The molecule has 0 radical (unpaired) electrons.